The lowest BCUT2D eigenvalue weighted by Gasteiger charge is -2.15. The monoisotopic (exact) mass is 365 g/mol. The number of carbonyl (C=O) groups excluding carboxylic acids is 1. The van der Waals surface area contributed by atoms with E-state index in [1.54, 1.807) is 11.3 Å². The van der Waals surface area contributed by atoms with Crippen molar-refractivity contribution in [3.05, 3.63) is 87.6 Å². The minimum atomic E-state index is 0.0274. The van der Waals surface area contributed by atoms with Gasteiger partial charge in [0.1, 0.15) is 6.04 Å². The summed E-state index contributed by atoms with van der Waals surface area (Å²) in [7, 11) is 0. The van der Waals surface area contributed by atoms with Crippen molar-refractivity contribution in [3.8, 4) is 0 Å². The molecule has 0 radical (unpaired) electrons. The summed E-state index contributed by atoms with van der Waals surface area (Å²) in [6, 6.07) is 20.9. The summed E-state index contributed by atoms with van der Waals surface area (Å²) in [6.45, 7) is 4.57. The number of nitrogens with two attached hydrogens (primary N) is 1. The lowest BCUT2D eigenvalue weighted by molar-refractivity contribution is -0.675. The SMILES string of the molecule is CCc1ccccc1NC(=O)C[NH2+][C@H](c1ccc(C)cc1)c1cccs1. The van der Waals surface area contributed by atoms with Crippen molar-refractivity contribution < 1.29 is 10.1 Å². The highest BCUT2D eigenvalue weighted by Gasteiger charge is 2.20. The zero-order valence-electron chi connectivity index (χ0n) is 15.2. The molecule has 0 fully saturated rings. The summed E-state index contributed by atoms with van der Waals surface area (Å²) in [5, 5.41) is 7.25. The Kier molecular flexibility index (Phi) is 6.21. The third-order valence-corrected chi connectivity index (χ3v) is 5.45. The molecule has 1 aromatic heterocycles. The van der Waals surface area contributed by atoms with E-state index in [0.717, 1.165) is 17.7 Å². The first-order valence-electron chi connectivity index (χ1n) is 8.98. The standard InChI is InChI=1S/C22H24N2OS/c1-3-17-7-4-5-8-19(17)24-21(25)15-23-22(20-9-6-14-26-20)18-12-10-16(2)11-13-18/h4-14,22-23H,3,15H2,1-2H3,(H,24,25)/p+1/t22-/m1/s1. The molecular formula is C22H25N2OS+. The Labute approximate surface area is 159 Å². The van der Waals surface area contributed by atoms with Crippen LogP contribution in [0, 0.1) is 6.92 Å². The number of para-hydroxylation sites is 1. The number of aryl methyl sites for hydroxylation is 2. The molecule has 0 aliphatic carbocycles. The van der Waals surface area contributed by atoms with E-state index in [2.05, 4.69) is 72.3 Å². The highest BCUT2D eigenvalue weighted by molar-refractivity contribution is 7.10. The van der Waals surface area contributed by atoms with Crippen LogP contribution >= 0.6 is 11.3 Å². The number of carbonyl (C=O) groups is 1. The lowest BCUT2D eigenvalue weighted by Crippen LogP contribution is -2.87. The van der Waals surface area contributed by atoms with Gasteiger partial charge in [-0.1, -0.05) is 61.0 Å². The Morgan fingerprint density at radius 2 is 1.85 bits per heavy atom. The van der Waals surface area contributed by atoms with Gasteiger partial charge in [-0.15, -0.1) is 11.3 Å². The highest BCUT2D eigenvalue weighted by atomic mass is 32.1. The van der Waals surface area contributed by atoms with Crippen molar-refractivity contribution in [1.29, 1.82) is 0 Å². The second-order valence-electron chi connectivity index (χ2n) is 6.40. The molecule has 0 saturated carbocycles. The second kappa shape index (κ2) is 8.79. The van der Waals surface area contributed by atoms with Crippen LogP contribution in [-0.4, -0.2) is 12.5 Å². The fourth-order valence-corrected chi connectivity index (χ4v) is 3.89. The Morgan fingerprint density at radius 3 is 2.54 bits per heavy atom. The van der Waals surface area contributed by atoms with Crippen LogP contribution in [0.15, 0.2) is 66.0 Å². The molecule has 0 aliphatic heterocycles. The number of hydrogen-bond donors (Lipinski definition) is 2. The number of thiophene rings is 1. The number of hydrogen-bond acceptors (Lipinski definition) is 2. The van der Waals surface area contributed by atoms with E-state index >= 15 is 0 Å². The predicted octanol–water partition coefficient (Wildman–Crippen LogP) is 3.91. The van der Waals surface area contributed by atoms with Gasteiger partial charge in [0, 0.05) is 11.3 Å². The van der Waals surface area contributed by atoms with Gasteiger partial charge in [0.05, 0.1) is 4.88 Å². The minimum absolute atomic E-state index is 0.0274. The molecule has 0 saturated heterocycles. The maximum Gasteiger partial charge on any atom is 0.279 e. The quantitative estimate of drug-likeness (QED) is 0.655. The topological polar surface area (TPSA) is 45.7 Å². The molecular weight excluding hydrogens is 340 g/mol. The predicted molar refractivity (Wildman–Crippen MR) is 109 cm³/mol. The first kappa shape index (κ1) is 18.4. The second-order valence-corrected chi connectivity index (χ2v) is 7.38. The molecule has 0 bridgehead atoms. The van der Waals surface area contributed by atoms with E-state index in [-0.39, 0.29) is 11.9 Å². The molecule has 4 heteroatoms. The number of benzene rings is 2. The van der Waals surface area contributed by atoms with Gasteiger partial charge in [0.15, 0.2) is 6.54 Å². The highest BCUT2D eigenvalue weighted by Crippen LogP contribution is 2.23. The van der Waals surface area contributed by atoms with Crippen LogP contribution in [0.2, 0.25) is 0 Å². The van der Waals surface area contributed by atoms with E-state index in [4.69, 9.17) is 0 Å². The Morgan fingerprint density at radius 1 is 1.08 bits per heavy atom. The molecule has 0 aliphatic rings. The fraction of sp³-hybridized carbons (Fsp3) is 0.227. The molecule has 1 amide bonds. The largest absolute Gasteiger partial charge is 0.328 e. The molecule has 3 nitrogen and oxygen atoms in total. The van der Waals surface area contributed by atoms with E-state index in [9.17, 15) is 4.79 Å². The number of quaternary nitrogens is 1. The summed E-state index contributed by atoms with van der Waals surface area (Å²) in [6.07, 6.45) is 0.904. The summed E-state index contributed by atoms with van der Waals surface area (Å²) in [4.78, 5) is 13.8. The van der Waals surface area contributed by atoms with Gasteiger partial charge in [-0.3, -0.25) is 4.79 Å². The van der Waals surface area contributed by atoms with E-state index in [1.807, 2.05) is 18.2 Å². The molecule has 0 spiro atoms. The first-order chi connectivity index (χ1) is 12.7. The number of anilines is 1. The Hall–Kier alpha value is -2.43. The molecule has 3 rings (SSSR count). The van der Waals surface area contributed by atoms with Gasteiger partial charge in [0.2, 0.25) is 0 Å². The normalized spacial score (nSPS) is 11.9. The summed E-state index contributed by atoms with van der Waals surface area (Å²) >= 11 is 1.73. The van der Waals surface area contributed by atoms with Gasteiger partial charge < -0.3 is 10.6 Å². The average Bonchev–Trinajstić information content (AvgIpc) is 3.18. The molecule has 3 N–H and O–H groups in total. The van der Waals surface area contributed by atoms with E-state index in [0.29, 0.717) is 6.54 Å². The third kappa shape index (κ3) is 4.59. The smallest absolute Gasteiger partial charge is 0.279 e. The van der Waals surface area contributed by atoms with Gasteiger partial charge >= 0.3 is 0 Å². The first-order valence-corrected chi connectivity index (χ1v) is 9.86. The van der Waals surface area contributed by atoms with Crippen molar-refractivity contribution in [1.82, 2.24) is 0 Å². The van der Waals surface area contributed by atoms with Crippen LogP contribution in [0.3, 0.4) is 0 Å². The molecule has 0 unspecified atom stereocenters. The van der Waals surface area contributed by atoms with Crippen LogP contribution in [0.4, 0.5) is 5.69 Å². The zero-order valence-corrected chi connectivity index (χ0v) is 16.1. The summed E-state index contributed by atoms with van der Waals surface area (Å²) < 4.78 is 0. The average molecular weight is 366 g/mol. The minimum Gasteiger partial charge on any atom is -0.328 e. The Bertz CT molecular complexity index is 841. The molecule has 134 valence electrons. The van der Waals surface area contributed by atoms with Crippen LogP contribution in [-0.2, 0) is 11.2 Å². The van der Waals surface area contributed by atoms with E-state index < -0.39 is 0 Å². The van der Waals surface area contributed by atoms with Crippen molar-refractivity contribution in [2.45, 2.75) is 26.3 Å². The molecule has 2 aromatic carbocycles. The van der Waals surface area contributed by atoms with Crippen molar-refractivity contribution in [2.75, 3.05) is 11.9 Å². The number of nitrogens with one attached hydrogen (secondary N) is 1. The van der Waals surface area contributed by atoms with Gasteiger partial charge in [-0.25, -0.2) is 0 Å². The zero-order chi connectivity index (χ0) is 18.4. The van der Waals surface area contributed by atoms with Gasteiger partial charge in [0.25, 0.3) is 5.91 Å². The van der Waals surface area contributed by atoms with Crippen LogP contribution in [0.5, 0.6) is 0 Å². The third-order valence-electron chi connectivity index (χ3n) is 4.50. The maximum atomic E-state index is 12.5. The van der Waals surface area contributed by atoms with Crippen molar-refractivity contribution >= 4 is 22.9 Å². The van der Waals surface area contributed by atoms with Crippen LogP contribution in [0.25, 0.3) is 0 Å². The number of rotatable bonds is 7. The van der Waals surface area contributed by atoms with E-state index in [1.165, 1.54) is 16.0 Å². The van der Waals surface area contributed by atoms with Crippen molar-refractivity contribution in [2.24, 2.45) is 0 Å². The lowest BCUT2D eigenvalue weighted by atomic mass is 10.0. The maximum absolute atomic E-state index is 12.5. The number of amides is 1. The summed E-state index contributed by atoms with van der Waals surface area (Å²) in [5.74, 6) is 0.0274. The van der Waals surface area contributed by atoms with Gasteiger partial charge in [-0.2, -0.15) is 0 Å². The van der Waals surface area contributed by atoms with Gasteiger partial charge in [-0.05, 0) is 36.4 Å². The fourth-order valence-electron chi connectivity index (χ4n) is 3.04. The van der Waals surface area contributed by atoms with Crippen LogP contribution < -0.4 is 10.6 Å². The molecule has 26 heavy (non-hydrogen) atoms. The summed E-state index contributed by atoms with van der Waals surface area (Å²) in [5.41, 5.74) is 4.54. The van der Waals surface area contributed by atoms with Crippen molar-refractivity contribution in [3.63, 3.8) is 0 Å². The Balaban J connectivity index is 1.70. The van der Waals surface area contributed by atoms with Crippen LogP contribution in [0.1, 0.15) is 34.5 Å². The molecule has 1 heterocycles. The molecule has 1 atom stereocenters. The molecule has 3 aromatic rings.